The molecule has 4 nitrogen and oxygen atoms in total. The van der Waals surface area contributed by atoms with Crippen LogP contribution in [0, 0.1) is 0 Å². The smallest absolute Gasteiger partial charge is 0.0858 e. The molecule has 0 spiro atoms. The number of aliphatic imine (C=N–C) groups is 2. The number of nitrogens with zero attached hydrogens (tertiary/aromatic N) is 4. The molecule has 0 fully saturated rings. The van der Waals surface area contributed by atoms with E-state index in [1.54, 1.807) is 0 Å². The first-order chi connectivity index (χ1) is 14.8. The van der Waals surface area contributed by atoms with Gasteiger partial charge in [-0.1, -0.05) is 60.7 Å². The Labute approximate surface area is 176 Å². The van der Waals surface area contributed by atoms with Crippen molar-refractivity contribution < 1.29 is 0 Å². The Hall–Kier alpha value is -4.18. The molecule has 0 aliphatic rings. The molecule has 0 aliphatic carbocycles. The Morgan fingerprint density at radius 3 is 1.07 bits per heavy atom. The molecule has 4 aromatic carbocycles. The SMILES string of the molecule is C(=N\c1ccc(/N=N/c2ccc(/N=C/c3ccccc3)cc2)cc1)/c1ccccc1. The van der Waals surface area contributed by atoms with Crippen LogP contribution < -0.4 is 0 Å². The zero-order chi connectivity index (χ0) is 20.4. The Balaban J connectivity index is 1.36. The first-order valence-electron chi connectivity index (χ1n) is 9.65. The third-order valence-electron chi connectivity index (χ3n) is 4.30. The van der Waals surface area contributed by atoms with Crippen LogP contribution in [-0.4, -0.2) is 12.4 Å². The fourth-order valence-electron chi connectivity index (χ4n) is 2.70. The zero-order valence-electron chi connectivity index (χ0n) is 16.3. The Kier molecular flexibility index (Phi) is 6.28. The van der Waals surface area contributed by atoms with E-state index < -0.39 is 0 Å². The summed E-state index contributed by atoms with van der Waals surface area (Å²) >= 11 is 0. The van der Waals surface area contributed by atoms with Crippen LogP contribution in [0.2, 0.25) is 0 Å². The van der Waals surface area contributed by atoms with Crippen LogP contribution in [0.1, 0.15) is 11.1 Å². The van der Waals surface area contributed by atoms with Gasteiger partial charge in [-0.25, -0.2) is 0 Å². The summed E-state index contributed by atoms with van der Waals surface area (Å²) in [4.78, 5) is 8.95. The molecule has 0 aliphatic heterocycles. The molecule has 0 N–H and O–H groups in total. The van der Waals surface area contributed by atoms with E-state index in [4.69, 9.17) is 0 Å². The van der Waals surface area contributed by atoms with Gasteiger partial charge in [0.1, 0.15) is 0 Å². The Morgan fingerprint density at radius 2 is 0.700 bits per heavy atom. The van der Waals surface area contributed by atoms with Gasteiger partial charge >= 0.3 is 0 Å². The molecule has 0 bridgehead atoms. The van der Waals surface area contributed by atoms with Crippen molar-refractivity contribution in [2.24, 2.45) is 20.2 Å². The molecule has 0 heterocycles. The highest BCUT2D eigenvalue weighted by Gasteiger charge is 1.94. The zero-order valence-corrected chi connectivity index (χ0v) is 16.3. The van der Waals surface area contributed by atoms with E-state index in [9.17, 15) is 0 Å². The van der Waals surface area contributed by atoms with Gasteiger partial charge in [0, 0.05) is 12.4 Å². The van der Waals surface area contributed by atoms with Gasteiger partial charge in [-0.3, -0.25) is 9.98 Å². The Bertz CT molecular complexity index is 1050. The quantitative estimate of drug-likeness (QED) is 0.241. The van der Waals surface area contributed by atoms with E-state index in [0.29, 0.717) is 0 Å². The van der Waals surface area contributed by atoms with Crippen LogP contribution in [0.5, 0.6) is 0 Å². The van der Waals surface area contributed by atoms with Crippen LogP contribution in [0.3, 0.4) is 0 Å². The topological polar surface area (TPSA) is 49.4 Å². The fraction of sp³-hybridized carbons (Fsp3) is 0. The molecule has 4 heteroatoms. The summed E-state index contributed by atoms with van der Waals surface area (Å²) in [6.07, 6.45) is 3.69. The molecule has 4 rings (SSSR count). The first-order valence-corrected chi connectivity index (χ1v) is 9.65. The average molecular weight is 388 g/mol. The van der Waals surface area contributed by atoms with Crippen molar-refractivity contribution >= 4 is 35.2 Å². The molecule has 0 saturated heterocycles. The summed E-state index contributed by atoms with van der Waals surface area (Å²) < 4.78 is 0. The van der Waals surface area contributed by atoms with Crippen molar-refractivity contribution in [3.05, 3.63) is 120 Å². The van der Waals surface area contributed by atoms with Gasteiger partial charge in [-0.05, 0) is 59.7 Å². The second kappa shape index (κ2) is 9.85. The molecule has 0 amide bonds. The maximum absolute atomic E-state index is 4.47. The summed E-state index contributed by atoms with van der Waals surface area (Å²) in [5.74, 6) is 0. The molecular formula is C26H20N4. The molecule has 0 atom stereocenters. The van der Waals surface area contributed by atoms with Crippen LogP contribution in [0.25, 0.3) is 0 Å². The lowest BCUT2D eigenvalue weighted by molar-refractivity contribution is 1.23. The highest BCUT2D eigenvalue weighted by molar-refractivity contribution is 5.82. The van der Waals surface area contributed by atoms with E-state index in [-0.39, 0.29) is 0 Å². The fourth-order valence-corrected chi connectivity index (χ4v) is 2.70. The van der Waals surface area contributed by atoms with Crippen molar-refractivity contribution in [1.82, 2.24) is 0 Å². The third-order valence-corrected chi connectivity index (χ3v) is 4.30. The van der Waals surface area contributed by atoms with E-state index in [0.717, 1.165) is 33.9 Å². The molecule has 144 valence electrons. The maximum atomic E-state index is 4.47. The average Bonchev–Trinajstić information content (AvgIpc) is 2.83. The largest absolute Gasteiger partial charge is 0.256 e. The van der Waals surface area contributed by atoms with Gasteiger partial charge < -0.3 is 0 Å². The van der Waals surface area contributed by atoms with Gasteiger partial charge in [0.2, 0.25) is 0 Å². The van der Waals surface area contributed by atoms with Crippen LogP contribution in [-0.2, 0) is 0 Å². The molecule has 0 aromatic heterocycles. The lowest BCUT2D eigenvalue weighted by Crippen LogP contribution is -1.77. The van der Waals surface area contributed by atoms with Crippen molar-refractivity contribution in [1.29, 1.82) is 0 Å². The highest BCUT2D eigenvalue weighted by atomic mass is 15.1. The van der Waals surface area contributed by atoms with Gasteiger partial charge in [0.15, 0.2) is 0 Å². The Morgan fingerprint density at radius 1 is 0.367 bits per heavy atom. The molecule has 4 aromatic rings. The second-order valence-electron chi connectivity index (χ2n) is 6.57. The summed E-state index contributed by atoms with van der Waals surface area (Å²) in [5.41, 5.74) is 5.44. The minimum Gasteiger partial charge on any atom is -0.256 e. The van der Waals surface area contributed by atoms with Crippen molar-refractivity contribution in [3.63, 3.8) is 0 Å². The van der Waals surface area contributed by atoms with Gasteiger partial charge in [0.25, 0.3) is 0 Å². The molecule has 0 radical (unpaired) electrons. The van der Waals surface area contributed by atoms with Gasteiger partial charge in [-0.15, -0.1) is 0 Å². The first kappa shape index (κ1) is 19.2. The van der Waals surface area contributed by atoms with Crippen LogP contribution in [0.4, 0.5) is 22.7 Å². The monoisotopic (exact) mass is 388 g/mol. The van der Waals surface area contributed by atoms with Crippen molar-refractivity contribution in [2.45, 2.75) is 0 Å². The number of azo groups is 1. The highest BCUT2D eigenvalue weighted by Crippen LogP contribution is 2.23. The van der Waals surface area contributed by atoms with E-state index in [1.165, 1.54) is 0 Å². The molecule has 0 saturated carbocycles. The van der Waals surface area contributed by atoms with Crippen LogP contribution >= 0.6 is 0 Å². The minimum absolute atomic E-state index is 0.778. The molecular weight excluding hydrogens is 368 g/mol. The summed E-state index contributed by atoms with van der Waals surface area (Å²) in [5, 5.41) is 8.59. The van der Waals surface area contributed by atoms with E-state index in [2.05, 4.69) is 20.2 Å². The van der Waals surface area contributed by atoms with E-state index >= 15 is 0 Å². The summed E-state index contributed by atoms with van der Waals surface area (Å²) in [6, 6.07) is 35.3. The summed E-state index contributed by atoms with van der Waals surface area (Å²) in [7, 11) is 0. The molecule has 0 unspecified atom stereocenters. The lowest BCUT2D eigenvalue weighted by Gasteiger charge is -1.97. The number of rotatable bonds is 6. The number of hydrogen-bond acceptors (Lipinski definition) is 4. The standard InChI is InChI=1S/C26H20N4/c1-3-7-21(8-4-1)19-27-23-11-15-25(16-12-23)29-30-26-17-13-24(14-18-26)28-20-22-9-5-2-6-10-22/h1-20H/b27-19+,28-20+,30-29+. The van der Waals surface area contributed by atoms with Crippen LogP contribution in [0.15, 0.2) is 129 Å². The predicted molar refractivity (Wildman–Crippen MR) is 124 cm³/mol. The van der Waals surface area contributed by atoms with Crippen molar-refractivity contribution in [3.8, 4) is 0 Å². The predicted octanol–water partition coefficient (Wildman–Crippen LogP) is 7.60. The van der Waals surface area contributed by atoms with E-state index in [1.807, 2.05) is 122 Å². The minimum atomic E-state index is 0.778. The van der Waals surface area contributed by atoms with Gasteiger partial charge in [0.05, 0.1) is 22.7 Å². The molecule has 30 heavy (non-hydrogen) atoms. The second-order valence-corrected chi connectivity index (χ2v) is 6.57. The third kappa shape index (κ3) is 5.66. The normalized spacial score (nSPS) is 11.6. The number of hydrogen-bond donors (Lipinski definition) is 0. The summed E-state index contributed by atoms with van der Waals surface area (Å²) in [6.45, 7) is 0. The maximum Gasteiger partial charge on any atom is 0.0858 e. The van der Waals surface area contributed by atoms with Gasteiger partial charge in [-0.2, -0.15) is 10.2 Å². The lowest BCUT2D eigenvalue weighted by atomic mass is 10.2. The number of benzene rings is 4. The van der Waals surface area contributed by atoms with Crippen molar-refractivity contribution in [2.75, 3.05) is 0 Å².